The summed E-state index contributed by atoms with van der Waals surface area (Å²) >= 11 is 0. The Labute approximate surface area is 153 Å². The van der Waals surface area contributed by atoms with Crippen molar-refractivity contribution >= 4 is 22.8 Å². The summed E-state index contributed by atoms with van der Waals surface area (Å²) in [5.74, 6) is 0.952. The van der Waals surface area contributed by atoms with Crippen LogP contribution in [0.4, 0.5) is 4.79 Å². The zero-order valence-corrected chi connectivity index (χ0v) is 15.4. The van der Waals surface area contributed by atoms with Crippen LogP contribution in [-0.4, -0.2) is 37.2 Å². The number of benzene rings is 2. The molecule has 1 aliphatic rings. The molecule has 2 aromatic carbocycles. The van der Waals surface area contributed by atoms with Gasteiger partial charge in [0.15, 0.2) is 0 Å². The first-order valence-electron chi connectivity index (χ1n) is 9.09. The van der Waals surface area contributed by atoms with Gasteiger partial charge in [-0.3, -0.25) is 4.79 Å². The number of fused-ring (bicyclic) bond motifs is 1. The summed E-state index contributed by atoms with van der Waals surface area (Å²) in [5.41, 5.74) is 1.07. The molecule has 0 aromatic heterocycles. The summed E-state index contributed by atoms with van der Waals surface area (Å²) in [7, 11) is 1.64. The third-order valence-electron chi connectivity index (χ3n) is 5.05. The Hall–Kier alpha value is -2.56. The van der Waals surface area contributed by atoms with E-state index < -0.39 is 6.09 Å². The van der Waals surface area contributed by atoms with E-state index in [1.807, 2.05) is 36.4 Å². The summed E-state index contributed by atoms with van der Waals surface area (Å²) in [5, 5.41) is 2.17. The van der Waals surface area contributed by atoms with Gasteiger partial charge in [-0.05, 0) is 53.6 Å². The highest BCUT2D eigenvalue weighted by Gasteiger charge is 2.23. The normalized spacial score (nSPS) is 13.9. The van der Waals surface area contributed by atoms with Crippen molar-refractivity contribution < 1.29 is 19.1 Å². The number of ether oxygens (including phenoxy) is 2. The lowest BCUT2D eigenvalue weighted by molar-refractivity contribution is -0.127. The van der Waals surface area contributed by atoms with Crippen LogP contribution in [0, 0.1) is 5.92 Å². The summed E-state index contributed by atoms with van der Waals surface area (Å²) < 4.78 is 10.6. The van der Waals surface area contributed by atoms with Gasteiger partial charge in [-0.15, -0.1) is 0 Å². The molecule has 0 unspecified atom stereocenters. The monoisotopic (exact) mass is 355 g/mol. The van der Waals surface area contributed by atoms with Crippen LogP contribution < -0.4 is 4.74 Å². The first-order chi connectivity index (χ1) is 12.6. The molecule has 0 N–H and O–H groups in total. The molecule has 0 atom stereocenters. The zero-order valence-electron chi connectivity index (χ0n) is 15.4. The van der Waals surface area contributed by atoms with Gasteiger partial charge in [-0.25, -0.2) is 9.69 Å². The number of hydrogen-bond acceptors (Lipinski definition) is 4. The minimum atomic E-state index is -0.540. The molecule has 2 aromatic rings. The average molecular weight is 355 g/mol. The SMILES string of the molecule is COc1ccc2cccc(CCN(C(C)=O)C(=O)OCC3CCC3)c2c1. The molecule has 26 heavy (non-hydrogen) atoms. The van der Waals surface area contributed by atoms with Gasteiger partial charge < -0.3 is 9.47 Å². The number of carbonyl (C=O) groups is 2. The van der Waals surface area contributed by atoms with Crippen molar-refractivity contribution in [2.24, 2.45) is 5.92 Å². The summed E-state index contributed by atoms with van der Waals surface area (Å²) in [6.45, 7) is 2.11. The van der Waals surface area contributed by atoms with Crippen LogP contribution in [0.1, 0.15) is 31.7 Å². The van der Waals surface area contributed by atoms with Gasteiger partial charge in [-0.2, -0.15) is 0 Å². The molecule has 0 radical (unpaired) electrons. The fourth-order valence-corrected chi connectivity index (χ4v) is 3.20. The molecule has 1 aliphatic carbocycles. The second-order valence-electron chi connectivity index (χ2n) is 6.80. The van der Waals surface area contributed by atoms with Gasteiger partial charge in [0.05, 0.1) is 13.7 Å². The number of rotatable bonds is 6. The second kappa shape index (κ2) is 8.21. The molecule has 138 valence electrons. The predicted molar refractivity (Wildman–Crippen MR) is 100 cm³/mol. The van der Waals surface area contributed by atoms with E-state index in [0.717, 1.165) is 34.9 Å². The third kappa shape index (κ3) is 4.15. The maximum Gasteiger partial charge on any atom is 0.416 e. The van der Waals surface area contributed by atoms with Crippen molar-refractivity contribution in [3.8, 4) is 5.75 Å². The van der Waals surface area contributed by atoms with Crippen molar-refractivity contribution in [2.45, 2.75) is 32.6 Å². The van der Waals surface area contributed by atoms with Crippen LogP contribution in [0.15, 0.2) is 36.4 Å². The van der Waals surface area contributed by atoms with Gasteiger partial charge in [0, 0.05) is 13.5 Å². The molecular weight excluding hydrogens is 330 g/mol. The van der Waals surface area contributed by atoms with Gasteiger partial charge >= 0.3 is 6.09 Å². The van der Waals surface area contributed by atoms with E-state index in [4.69, 9.17) is 9.47 Å². The van der Waals surface area contributed by atoms with E-state index in [2.05, 4.69) is 0 Å². The molecule has 1 saturated carbocycles. The van der Waals surface area contributed by atoms with E-state index in [9.17, 15) is 9.59 Å². The Kier molecular flexibility index (Phi) is 5.76. The van der Waals surface area contributed by atoms with Gasteiger partial charge in [-0.1, -0.05) is 30.7 Å². The molecule has 0 aliphatic heterocycles. The Morgan fingerprint density at radius 2 is 2.00 bits per heavy atom. The van der Waals surface area contributed by atoms with Crippen LogP contribution in [0.2, 0.25) is 0 Å². The van der Waals surface area contributed by atoms with E-state index in [-0.39, 0.29) is 5.91 Å². The quantitative estimate of drug-likeness (QED) is 0.780. The van der Waals surface area contributed by atoms with Crippen molar-refractivity contribution in [2.75, 3.05) is 20.3 Å². The third-order valence-corrected chi connectivity index (χ3v) is 5.05. The highest BCUT2D eigenvalue weighted by Crippen LogP contribution is 2.27. The molecule has 5 heteroatoms. The minimum absolute atomic E-state index is 0.290. The van der Waals surface area contributed by atoms with Gasteiger partial charge in [0.1, 0.15) is 5.75 Å². The number of imide groups is 1. The van der Waals surface area contributed by atoms with Crippen LogP contribution in [0.25, 0.3) is 10.8 Å². The number of hydrogen-bond donors (Lipinski definition) is 0. The van der Waals surface area contributed by atoms with Crippen molar-refractivity contribution in [3.05, 3.63) is 42.0 Å². The topological polar surface area (TPSA) is 55.8 Å². The molecule has 0 saturated heterocycles. The second-order valence-corrected chi connectivity index (χ2v) is 6.80. The van der Waals surface area contributed by atoms with Crippen LogP contribution in [-0.2, 0) is 16.0 Å². The van der Waals surface area contributed by atoms with Crippen LogP contribution in [0.3, 0.4) is 0 Å². The highest BCUT2D eigenvalue weighted by molar-refractivity contribution is 5.91. The average Bonchev–Trinajstić information content (AvgIpc) is 2.60. The molecule has 0 bridgehead atoms. The van der Waals surface area contributed by atoms with Gasteiger partial charge in [0.2, 0.25) is 5.91 Å². The molecule has 3 rings (SSSR count). The number of amides is 2. The standard InChI is InChI=1S/C21H25NO4/c1-15(23)22(21(24)26-14-16-5-3-6-16)12-11-18-8-4-7-17-9-10-19(25-2)13-20(17)18/h4,7-10,13,16H,3,5-6,11-12,14H2,1-2H3. The zero-order chi connectivity index (χ0) is 18.5. The lowest BCUT2D eigenvalue weighted by Crippen LogP contribution is -2.38. The van der Waals surface area contributed by atoms with Crippen molar-refractivity contribution in [1.29, 1.82) is 0 Å². The summed E-state index contributed by atoms with van der Waals surface area (Å²) in [6, 6.07) is 11.9. The number of nitrogens with zero attached hydrogens (tertiary/aromatic N) is 1. The molecule has 0 heterocycles. The Morgan fingerprint density at radius 1 is 1.19 bits per heavy atom. The molecule has 5 nitrogen and oxygen atoms in total. The minimum Gasteiger partial charge on any atom is -0.497 e. The highest BCUT2D eigenvalue weighted by atomic mass is 16.6. The molecule has 0 spiro atoms. The fraction of sp³-hybridized carbons (Fsp3) is 0.429. The molecule has 1 fully saturated rings. The van der Waals surface area contributed by atoms with E-state index in [0.29, 0.717) is 25.5 Å². The maximum atomic E-state index is 12.3. The maximum absolute atomic E-state index is 12.3. The Morgan fingerprint density at radius 3 is 2.65 bits per heavy atom. The van der Waals surface area contributed by atoms with Gasteiger partial charge in [0.25, 0.3) is 0 Å². The lowest BCUT2D eigenvalue weighted by Gasteiger charge is -2.26. The van der Waals surface area contributed by atoms with Crippen molar-refractivity contribution in [1.82, 2.24) is 4.90 Å². The first-order valence-corrected chi connectivity index (χ1v) is 9.09. The predicted octanol–water partition coefficient (Wildman–Crippen LogP) is 4.18. The molecule has 2 amide bonds. The number of methoxy groups -OCH3 is 1. The van der Waals surface area contributed by atoms with Crippen LogP contribution >= 0.6 is 0 Å². The largest absolute Gasteiger partial charge is 0.497 e. The van der Waals surface area contributed by atoms with Crippen molar-refractivity contribution in [3.63, 3.8) is 0 Å². The van der Waals surface area contributed by atoms with E-state index in [1.54, 1.807) is 7.11 Å². The van der Waals surface area contributed by atoms with E-state index >= 15 is 0 Å². The number of carbonyl (C=O) groups excluding carboxylic acids is 2. The smallest absolute Gasteiger partial charge is 0.416 e. The Balaban J connectivity index is 1.69. The fourth-order valence-electron chi connectivity index (χ4n) is 3.20. The summed E-state index contributed by atoms with van der Waals surface area (Å²) in [4.78, 5) is 25.4. The lowest BCUT2D eigenvalue weighted by atomic mass is 9.86. The summed E-state index contributed by atoms with van der Waals surface area (Å²) in [6.07, 6.45) is 3.43. The van der Waals surface area contributed by atoms with Crippen LogP contribution in [0.5, 0.6) is 5.75 Å². The first kappa shape index (κ1) is 18.2. The van der Waals surface area contributed by atoms with E-state index in [1.165, 1.54) is 18.2 Å². The molecular formula is C21H25NO4. The Bertz CT molecular complexity index is 798.